The van der Waals surface area contributed by atoms with Gasteiger partial charge in [0.15, 0.2) is 0 Å². The van der Waals surface area contributed by atoms with Gasteiger partial charge in [-0.15, -0.1) is 0 Å². The van der Waals surface area contributed by atoms with Crippen LogP contribution >= 0.6 is 0 Å². The third-order valence-electron chi connectivity index (χ3n) is 4.11. The van der Waals surface area contributed by atoms with Crippen LogP contribution in [0, 0.1) is 13.8 Å². The summed E-state index contributed by atoms with van der Waals surface area (Å²) >= 11 is 0. The van der Waals surface area contributed by atoms with Gasteiger partial charge >= 0.3 is 0 Å². The first-order chi connectivity index (χ1) is 11.2. The van der Waals surface area contributed by atoms with Crippen molar-refractivity contribution in [2.45, 2.75) is 40.2 Å². The van der Waals surface area contributed by atoms with E-state index in [1.807, 2.05) is 12.1 Å². The van der Waals surface area contributed by atoms with Gasteiger partial charge in [0.2, 0.25) is 0 Å². The molecule has 0 aliphatic heterocycles. The Bertz CT molecular complexity index is 787. The minimum absolute atomic E-state index is 0.720. The Balaban J connectivity index is 1.66. The van der Waals surface area contributed by atoms with Gasteiger partial charge in [0.05, 0.1) is 17.6 Å². The normalized spacial score (nSPS) is 11.1. The summed E-state index contributed by atoms with van der Waals surface area (Å²) in [5.41, 5.74) is 4.85. The Morgan fingerprint density at radius 1 is 1.00 bits per heavy atom. The molecule has 0 radical (unpaired) electrons. The monoisotopic (exact) mass is 308 g/mol. The van der Waals surface area contributed by atoms with Crippen molar-refractivity contribution >= 4 is 11.0 Å². The third-order valence-corrected chi connectivity index (χ3v) is 4.11. The quantitative estimate of drug-likeness (QED) is 0.618. The molecular formula is C20H24N2O. The lowest BCUT2D eigenvalue weighted by Gasteiger charge is -2.10. The second-order valence-electron chi connectivity index (χ2n) is 6.04. The van der Waals surface area contributed by atoms with E-state index in [1.165, 1.54) is 16.6 Å². The molecular weight excluding hydrogens is 284 g/mol. The average molecular weight is 308 g/mol. The van der Waals surface area contributed by atoms with E-state index in [1.54, 1.807) is 0 Å². The topological polar surface area (TPSA) is 27.1 Å². The molecule has 0 amide bonds. The van der Waals surface area contributed by atoms with Crippen molar-refractivity contribution in [3.63, 3.8) is 0 Å². The SMILES string of the molecule is CCc1nc2ccc(C)cc2n1CCCOc1ccc(C)cc1. The third kappa shape index (κ3) is 3.55. The number of benzene rings is 2. The highest BCUT2D eigenvalue weighted by Gasteiger charge is 2.09. The Hall–Kier alpha value is -2.29. The molecule has 0 bridgehead atoms. The van der Waals surface area contributed by atoms with Gasteiger partial charge in [0.1, 0.15) is 11.6 Å². The predicted octanol–water partition coefficient (Wildman–Crippen LogP) is 4.68. The predicted molar refractivity (Wildman–Crippen MR) is 95.1 cm³/mol. The van der Waals surface area contributed by atoms with Crippen LogP contribution in [-0.2, 0) is 13.0 Å². The number of ether oxygens (including phenoxy) is 1. The van der Waals surface area contributed by atoms with E-state index in [2.05, 4.69) is 55.7 Å². The summed E-state index contributed by atoms with van der Waals surface area (Å²) in [6.07, 6.45) is 1.92. The average Bonchev–Trinajstić information content (AvgIpc) is 2.90. The molecule has 3 rings (SSSR count). The molecule has 0 aliphatic rings. The molecule has 0 saturated carbocycles. The lowest BCUT2D eigenvalue weighted by atomic mass is 10.2. The van der Waals surface area contributed by atoms with Crippen LogP contribution in [-0.4, -0.2) is 16.2 Å². The first-order valence-corrected chi connectivity index (χ1v) is 8.32. The Kier molecular flexibility index (Phi) is 4.65. The summed E-state index contributed by atoms with van der Waals surface area (Å²) in [7, 11) is 0. The summed E-state index contributed by atoms with van der Waals surface area (Å²) in [5.74, 6) is 2.10. The number of nitrogens with zero attached hydrogens (tertiary/aromatic N) is 2. The molecule has 23 heavy (non-hydrogen) atoms. The molecule has 0 spiro atoms. The Labute approximate surface area is 137 Å². The number of aromatic nitrogens is 2. The molecule has 3 nitrogen and oxygen atoms in total. The van der Waals surface area contributed by atoms with Crippen molar-refractivity contribution in [3.05, 3.63) is 59.4 Å². The van der Waals surface area contributed by atoms with E-state index in [0.717, 1.165) is 43.1 Å². The van der Waals surface area contributed by atoms with Gasteiger partial charge in [-0.25, -0.2) is 4.98 Å². The van der Waals surface area contributed by atoms with Crippen molar-refractivity contribution in [1.82, 2.24) is 9.55 Å². The van der Waals surface area contributed by atoms with Crippen molar-refractivity contribution < 1.29 is 4.74 Å². The molecule has 120 valence electrons. The second kappa shape index (κ2) is 6.86. The number of aryl methyl sites for hydroxylation is 4. The smallest absolute Gasteiger partial charge is 0.119 e. The highest BCUT2D eigenvalue weighted by Crippen LogP contribution is 2.19. The molecule has 2 aromatic carbocycles. The second-order valence-corrected chi connectivity index (χ2v) is 6.04. The maximum absolute atomic E-state index is 5.83. The first-order valence-electron chi connectivity index (χ1n) is 8.32. The molecule has 0 saturated heterocycles. The molecule has 0 unspecified atom stereocenters. The van der Waals surface area contributed by atoms with Crippen molar-refractivity contribution in [1.29, 1.82) is 0 Å². The molecule has 3 heteroatoms. The van der Waals surface area contributed by atoms with E-state index in [0.29, 0.717) is 0 Å². The maximum atomic E-state index is 5.83. The van der Waals surface area contributed by atoms with Gasteiger partial charge in [-0.3, -0.25) is 0 Å². The summed E-state index contributed by atoms with van der Waals surface area (Å²) in [4.78, 5) is 4.74. The number of rotatable bonds is 6. The van der Waals surface area contributed by atoms with Crippen LogP contribution < -0.4 is 4.74 Å². The standard InChI is InChI=1S/C20H24N2O/c1-4-20-21-18-11-8-16(3)14-19(18)22(20)12-5-13-23-17-9-6-15(2)7-10-17/h6-11,14H,4-5,12-13H2,1-3H3. The fourth-order valence-corrected chi connectivity index (χ4v) is 2.85. The lowest BCUT2D eigenvalue weighted by molar-refractivity contribution is 0.302. The van der Waals surface area contributed by atoms with Crippen LogP contribution in [0.2, 0.25) is 0 Å². The first kappa shape index (κ1) is 15.6. The van der Waals surface area contributed by atoms with Crippen LogP contribution in [0.5, 0.6) is 5.75 Å². The molecule has 0 fully saturated rings. The Morgan fingerprint density at radius 3 is 2.48 bits per heavy atom. The van der Waals surface area contributed by atoms with Gasteiger partial charge in [-0.2, -0.15) is 0 Å². The van der Waals surface area contributed by atoms with E-state index < -0.39 is 0 Å². The summed E-state index contributed by atoms with van der Waals surface area (Å²) < 4.78 is 8.17. The van der Waals surface area contributed by atoms with Crippen LogP contribution in [0.3, 0.4) is 0 Å². The molecule has 3 aromatic rings. The van der Waals surface area contributed by atoms with Crippen LogP contribution in [0.1, 0.15) is 30.3 Å². The Morgan fingerprint density at radius 2 is 1.74 bits per heavy atom. The molecule has 0 aliphatic carbocycles. The number of fused-ring (bicyclic) bond motifs is 1. The highest BCUT2D eigenvalue weighted by atomic mass is 16.5. The number of imidazole rings is 1. The molecule has 1 heterocycles. The molecule has 1 aromatic heterocycles. The zero-order valence-electron chi connectivity index (χ0n) is 14.2. The molecule has 0 atom stereocenters. The lowest BCUT2D eigenvalue weighted by Crippen LogP contribution is -2.07. The summed E-state index contributed by atoms with van der Waals surface area (Å²) in [6, 6.07) is 14.7. The zero-order valence-corrected chi connectivity index (χ0v) is 14.2. The largest absolute Gasteiger partial charge is 0.494 e. The summed E-state index contributed by atoms with van der Waals surface area (Å²) in [6.45, 7) is 8.03. The van der Waals surface area contributed by atoms with Crippen molar-refractivity contribution in [2.24, 2.45) is 0 Å². The van der Waals surface area contributed by atoms with Gasteiger partial charge in [-0.05, 0) is 50.1 Å². The fourth-order valence-electron chi connectivity index (χ4n) is 2.85. The van der Waals surface area contributed by atoms with Crippen LogP contribution in [0.25, 0.3) is 11.0 Å². The van der Waals surface area contributed by atoms with Gasteiger partial charge in [-0.1, -0.05) is 30.7 Å². The van der Waals surface area contributed by atoms with Crippen LogP contribution in [0.15, 0.2) is 42.5 Å². The van der Waals surface area contributed by atoms with Gasteiger partial charge in [0.25, 0.3) is 0 Å². The minimum Gasteiger partial charge on any atom is -0.494 e. The van der Waals surface area contributed by atoms with Crippen molar-refractivity contribution in [3.8, 4) is 5.75 Å². The van der Waals surface area contributed by atoms with E-state index >= 15 is 0 Å². The number of hydrogen-bond acceptors (Lipinski definition) is 2. The van der Waals surface area contributed by atoms with Crippen LogP contribution in [0.4, 0.5) is 0 Å². The van der Waals surface area contributed by atoms with Gasteiger partial charge in [0, 0.05) is 13.0 Å². The number of hydrogen-bond donors (Lipinski definition) is 0. The highest BCUT2D eigenvalue weighted by molar-refractivity contribution is 5.76. The maximum Gasteiger partial charge on any atom is 0.119 e. The fraction of sp³-hybridized carbons (Fsp3) is 0.350. The summed E-state index contributed by atoms with van der Waals surface area (Å²) in [5, 5.41) is 0. The molecule has 0 N–H and O–H groups in total. The van der Waals surface area contributed by atoms with Crippen molar-refractivity contribution in [2.75, 3.05) is 6.61 Å². The van der Waals surface area contributed by atoms with E-state index in [9.17, 15) is 0 Å². The van der Waals surface area contributed by atoms with Gasteiger partial charge < -0.3 is 9.30 Å². The van der Waals surface area contributed by atoms with E-state index in [-0.39, 0.29) is 0 Å². The minimum atomic E-state index is 0.720. The van der Waals surface area contributed by atoms with E-state index in [4.69, 9.17) is 9.72 Å². The zero-order chi connectivity index (χ0) is 16.2.